The van der Waals surface area contributed by atoms with Crippen molar-refractivity contribution in [2.75, 3.05) is 54.1 Å². The summed E-state index contributed by atoms with van der Waals surface area (Å²) in [5.41, 5.74) is 0. The Hall–Kier alpha value is -1.02. The minimum absolute atomic E-state index is 0.0260. The van der Waals surface area contributed by atoms with Crippen LogP contribution in [0.1, 0.15) is 219 Å². The molecular formula is C48H94NO7P. The minimum Gasteiger partial charge on any atom is -0.756 e. The average Bonchev–Trinajstić information content (AvgIpc) is 3.16. The standard InChI is InChI=1S/C48H94NO7P/c1-6-8-10-12-14-16-18-20-22-24-25-26-27-29-31-33-35-37-39-41-48(50)56-47(46-55-57(51,52)54-44-42-49(3,4)5)45-53-43-40-38-36-34-32-30-28-23-21-19-17-15-13-11-9-7-2/h15,17,21,23,47H,6-14,16,18-20,22,24-46H2,1-5H3/b17-15-,23-21-. The lowest BCUT2D eigenvalue weighted by Gasteiger charge is -2.28. The highest BCUT2D eigenvalue weighted by atomic mass is 31.2. The lowest BCUT2D eigenvalue weighted by molar-refractivity contribution is -0.870. The zero-order valence-electron chi connectivity index (χ0n) is 38.3. The van der Waals surface area contributed by atoms with Gasteiger partial charge in [-0.25, -0.2) is 0 Å². The minimum atomic E-state index is -4.53. The van der Waals surface area contributed by atoms with Gasteiger partial charge in [-0.15, -0.1) is 0 Å². The molecule has 0 amide bonds. The average molecular weight is 828 g/mol. The van der Waals surface area contributed by atoms with Crippen LogP contribution < -0.4 is 4.89 Å². The molecule has 0 bridgehead atoms. The van der Waals surface area contributed by atoms with E-state index in [1.54, 1.807) is 0 Å². The number of carbonyl (C=O) groups excluding carboxylic acids is 1. The van der Waals surface area contributed by atoms with E-state index in [0.29, 0.717) is 24.1 Å². The van der Waals surface area contributed by atoms with E-state index in [1.807, 2.05) is 21.1 Å². The molecule has 57 heavy (non-hydrogen) atoms. The molecule has 0 aromatic rings. The molecule has 0 fully saturated rings. The van der Waals surface area contributed by atoms with Gasteiger partial charge in [0.1, 0.15) is 19.3 Å². The summed E-state index contributed by atoms with van der Waals surface area (Å²) >= 11 is 0. The summed E-state index contributed by atoms with van der Waals surface area (Å²) in [5.74, 6) is -0.334. The Morgan fingerprint density at radius 3 is 1.46 bits per heavy atom. The van der Waals surface area contributed by atoms with Gasteiger partial charge in [0.15, 0.2) is 0 Å². The van der Waals surface area contributed by atoms with Crippen LogP contribution >= 0.6 is 7.82 Å². The van der Waals surface area contributed by atoms with E-state index in [2.05, 4.69) is 38.2 Å². The first kappa shape index (κ1) is 56.0. The number of ether oxygens (including phenoxy) is 2. The molecule has 0 aliphatic carbocycles. The van der Waals surface area contributed by atoms with Crippen molar-refractivity contribution in [3.8, 4) is 0 Å². The molecule has 9 heteroatoms. The number of allylic oxidation sites excluding steroid dienone is 4. The monoisotopic (exact) mass is 828 g/mol. The molecule has 0 heterocycles. The first-order chi connectivity index (χ1) is 27.6. The van der Waals surface area contributed by atoms with E-state index in [9.17, 15) is 14.3 Å². The summed E-state index contributed by atoms with van der Waals surface area (Å²) in [6, 6.07) is 0. The molecule has 0 N–H and O–H groups in total. The highest BCUT2D eigenvalue weighted by Gasteiger charge is 2.20. The third-order valence-electron chi connectivity index (χ3n) is 10.5. The summed E-state index contributed by atoms with van der Waals surface area (Å²) in [5, 5.41) is 0. The van der Waals surface area contributed by atoms with Crippen LogP contribution in [-0.4, -0.2) is 70.7 Å². The molecule has 2 unspecified atom stereocenters. The number of rotatable bonds is 45. The number of nitrogens with zero attached hydrogens (tertiary/aromatic N) is 1. The summed E-state index contributed by atoms with van der Waals surface area (Å²) in [7, 11) is 1.36. The van der Waals surface area contributed by atoms with Crippen molar-refractivity contribution in [3.05, 3.63) is 24.3 Å². The maximum atomic E-state index is 12.7. The molecule has 0 aromatic heterocycles. The van der Waals surface area contributed by atoms with E-state index in [4.69, 9.17) is 18.5 Å². The number of hydrogen-bond donors (Lipinski definition) is 0. The normalized spacial score (nSPS) is 13.9. The van der Waals surface area contributed by atoms with Crippen LogP contribution in [0.5, 0.6) is 0 Å². The third-order valence-corrected chi connectivity index (χ3v) is 11.5. The molecule has 2 atom stereocenters. The predicted molar refractivity (Wildman–Crippen MR) is 240 cm³/mol. The lowest BCUT2D eigenvalue weighted by atomic mass is 10.0. The Morgan fingerprint density at radius 2 is 0.965 bits per heavy atom. The van der Waals surface area contributed by atoms with Crippen molar-refractivity contribution in [2.24, 2.45) is 0 Å². The maximum absolute atomic E-state index is 12.7. The fourth-order valence-corrected chi connectivity index (χ4v) is 7.48. The number of likely N-dealkylation sites (N-methyl/N-ethyl adjacent to an activating group) is 1. The first-order valence-electron chi connectivity index (χ1n) is 24.1. The van der Waals surface area contributed by atoms with E-state index >= 15 is 0 Å². The van der Waals surface area contributed by atoms with Gasteiger partial charge in [0, 0.05) is 13.0 Å². The summed E-state index contributed by atoms with van der Waals surface area (Å²) in [6.07, 6.45) is 47.6. The molecule has 0 saturated carbocycles. The molecular weight excluding hydrogens is 734 g/mol. The van der Waals surface area contributed by atoms with Gasteiger partial charge < -0.3 is 27.9 Å². The second-order valence-corrected chi connectivity index (χ2v) is 18.9. The highest BCUT2D eigenvalue weighted by Crippen LogP contribution is 2.38. The van der Waals surface area contributed by atoms with Crippen LogP contribution in [0.3, 0.4) is 0 Å². The molecule has 0 radical (unpaired) electrons. The smallest absolute Gasteiger partial charge is 0.306 e. The Labute approximate surface area is 353 Å². The first-order valence-corrected chi connectivity index (χ1v) is 25.5. The van der Waals surface area contributed by atoms with Crippen molar-refractivity contribution in [2.45, 2.75) is 225 Å². The van der Waals surface area contributed by atoms with E-state index < -0.39 is 13.9 Å². The van der Waals surface area contributed by atoms with Crippen molar-refractivity contribution in [3.63, 3.8) is 0 Å². The summed E-state index contributed by atoms with van der Waals surface area (Å²) < 4.78 is 34.7. The molecule has 0 rings (SSSR count). The predicted octanol–water partition coefficient (Wildman–Crippen LogP) is 13.8. The number of phosphoric acid groups is 1. The molecule has 338 valence electrons. The number of esters is 1. The highest BCUT2D eigenvalue weighted by molar-refractivity contribution is 7.45. The van der Waals surface area contributed by atoms with Gasteiger partial charge in [-0.05, 0) is 44.9 Å². The summed E-state index contributed by atoms with van der Waals surface area (Å²) in [4.78, 5) is 25.1. The third kappa shape index (κ3) is 45.9. The topological polar surface area (TPSA) is 94.1 Å². The van der Waals surface area contributed by atoms with Crippen LogP contribution in [0.15, 0.2) is 24.3 Å². The van der Waals surface area contributed by atoms with Crippen molar-refractivity contribution < 1.29 is 37.3 Å². The number of phosphoric ester groups is 1. The second kappa shape index (κ2) is 41.7. The largest absolute Gasteiger partial charge is 0.756 e. The van der Waals surface area contributed by atoms with E-state index in [-0.39, 0.29) is 25.8 Å². The SMILES string of the molecule is CCCCC/C=C\C/C=C\CCCCCCCCOCC(COP(=O)([O-])OCC[N+](C)(C)C)OC(=O)CCCCCCCCCCCCCCCCCCCCC. The molecule has 0 spiro atoms. The number of quaternary nitrogens is 1. The zero-order chi connectivity index (χ0) is 42.0. The van der Waals surface area contributed by atoms with Crippen LogP contribution in [0.4, 0.5) is 0 Å². The van der Waals surface area contributed by atoms with E-state index in [0.717, 1.165) is 44.9 Å². The summed E-state index contributed by atoms with van der Waals surface area (Å²) in [6.45, 7) is 5.40. The van der Waals surface area contributed by atoms with Gasteiger partial charge in [-0.2, -0.15) is 0 Å². The second-order valence-electron chi connectivity index (χ2n) is 17.5. The Bertz CT molecular complexity index is 967. The molecule has 0 aliphatic heterocycles. The van der Waals surface area contributed by atoms with Crippen molar-refractivity contribution in [1.29, 1.82) is 0 Å². The van der Waals surface area contributed by atoms with Gasteiger partial charge in [0.2, 0.25) is 0 Å². The van der Waals surface area contributed by atoms with Crippen LogP contribution in [0.2, 0.25) is 0 Å². The van der Waals surface area contributed by atoms with E-state index in [1.165, 1.54) is 154 Å². The number of hydrogen-bond acceptors (Lipinski definition) is 7. The molecule has 0 aromatic carbocycles. The van der Waals surface area contributed by atoms with Gasteiger partial charge >= 0.3 is 5.97 Å². The lowest BCUT2D eigenvalue weighted by Crippen LogP contribution is -2.37. The fraction of sp³-hybridized carbons (Fsp3) is 0.896. The van der Waals surface area contributed by atoms with Crippen LogP contribution in [-0.2, 0) is 27.9 Å². The van der Waals surface area contributed by atoms with Crippen LogP contribution in [0.25, 0.3) is 0 Å². The molecule has 8 nitrogen and oxygen atoms in total. The Morgan fingerprint density at radius 1 is 0.544 bits per heavy atom. The molecule has 0 saturated heterocycles. The maximum Gasteiger partial charge on any atom is 0.306 e. The number of unbranched alkanes of at least 4 members (excludes halogenated alkanes) is 27. The molecule has 0 aliphatic rings. The van der Waals surface area contributed by atoms with Gasteiger partial charge in [-0.1, -0.05) is 192 Å². The van der Waals surface area contributed by atoms with Crippen LogP contribution in [0, 0.1) is 0 Å². The zero-order valence-corrected chi connectivity index (χ0v) is 39.2. The number of carbonyl (C=O) groups is 1. The Kier molecular flexibility index (Phi) is 41.0. The fourth-order valence-electron chi connectivity index (χ4n) is 6.75. The van der Waals surface area contributed by atoms with Crippen molar-refractivity contribution >= 4 is 13.8 Å². The van der Waals surface area contributed by atoms with Gasteiger partial charge in [0.25, 0.3) is 7.82 Å². The van der Waals surface area contributed by atoms with Crippen molar-refractivity contribution in [1.82, 2.24) is 0 Å². The van der Waals surface area contributed by atoms with Gasteiger partial charge in [-0.3, -0.25) is 9.36 Å². The van der Waals surface area contributed by atoms with Gasteiger partial charge in [0.05, 0.1) is 34.4 Å². The quantitative estimate of drug-likeness (QED) is 0.0198. The Balaban J connectivity index is 4.16.